The minimum absolute atomic E-state index is 0.0617. The molecule has 3 rings (SSSR count). The van der Waals surface area contributed by atoms with E-state index in [4.69, 9.17) is 5.26 Å². The van der Waals surface area contributed by atoms with Crippen LogP contribution in [0.2, 0.25) is 0 Å². The number of carbonyl (C=O) groups excluding carboxylic acids is 1. The van der Waals surface area contributed by atoms with Gasteiger partial charge in [-0.1, -0.05) is 37.3 Å². The van der Waals surface area contributed by atoms with E-state index < -0.39 is 0 Å². The zero-order chi connectivity index (χ0) is 18.5. The second-order valence-corrected chi connectivity index (χ2v) is 6.08. The van der Waals surface area contributed by atoms with E-state index in [0.29, 0.717) is 24.1 Å². The van der Waals surface area contributed by atoms with E-state index in [1.807, 2.05) is 54.1 Å². The quantitative estimate of drug-likeness (QED) is 0.711. The van der Waals surface area contributed by atoms with Crippen LogP contribution in [0.5, 0.6) is 0 Å². The van der Waals surface area contributed by atoms with E-state index in [1.54, 1.807) is 30.3 Å². The first-order valence-corrected chi connectivity index (χ1v) is 8.51. The third kappa shape index (κ3) is 3.50. The summed E-state index contributed by atoms with van der Waals surface area (Å²) >= 11 is 0. The van der Waals surface area contributed by atoms with Gasteiger partial charge in [-0.25, -0.2) is 4.68 Å². The molecule has 1 amide bonds. The molecule has 1 heterocycles. The van der Waals surface area contributed by atoms with Gasteiger partial charge in [-0.05, 0) is 36.2 Å². The van der Waals surface area contributed by atoms with Gasteiger partial charge in [0.1, 0.15) is 0 Å². The van der Waals surface area contributed by atoms with Gasteiger partial charge in [-0.15, -0.1) is 0 Å². The molecular formula is C21H20N4O. The predicted molar refractivity (Wildman–Crippen MR) is 99.9 cm³/mol. The second-order valence-electron chi connectivity index (χ2n) is 6.08. The normalized spacial score (nSPS) is 10.3. The Morgan fingerprint density at radius 2 is 1.85 bits per heavy atom. The summed E-state index contributed by atoms with van der Waals surface area (Å²) in [4.78, 5) is 14.6. The molecule has 26 heavy (non-hydrogen) atoms. The average Bonchev–Trinajstić information content (AvgIpc) is 3.12. The van der Waals surface area contributed by atoms with Gasteiger partial charge in [0.15, 0.2) is 0 Å². The molecule has 0 aliphatic carbocycles. The lowest BCUT2D eigenvalue weighted by Gasteiger charge is -2.17. The Labute approximate surface area is 153 Å². The highest BCUT2D eigenvalue weighted by molar-refractivity contribution is 5.95. The van der Waals surface area contributed by atoms with Crippen LogP contribution >= 0.6 is 0 Å². The van der Waals surface area contributed by atoms with Crippen LogP contribution < -0.4 is 0 Å². The van der Waals surface area contributed by atoms with Crippen LogP contribution in [-0.4, -0.2) is 27.6 Å². The Morgan fingerprint density at radius 1 is 1.15 bits per heavy atom. The third-order valence-electron chi connectivity index (χ3n) is 4.28. The van der Waals surface area contributed by atoms with Crippen molar-refractivity contribution < 1.29 is 4.79 Å². The van der Waals surface area contributed by atoms with Crippen LogP contribution in [0.25, 0.3) is 5.69 Å². The van der Waals surface area contributed by atoms with E-state index in [9.17, 15) is 4.79 Å². The summed E-state index contributed by atoms with van der Waals surface area (Å²) in [5, 5.41) is 13.3. The topological polar surface area (TPSA) is 61.9 Å². The van der Waals surface area contributed by atoms with Crippen LogP contribution in [-0.2, 0) is 13.0 Å². The number of amides is 1. The Hall–Kier alpha value is -3.39. The molecule has 5 heteroatoms. The molecule has 130 valence electrons. The van der Waals surface area contributed by atoms with Gasteiger partial charge in [0, 0.05) is 13.6 Å². The lowest BCUT2D eigenvalue weighted by molar-refractivity contribution is 0.0784. The van der Waals surface area contributed by atoms with Crippen molar-refractivity contribution in [2.24, 2.45) is 0 Å². The van der Waals surface area contributed by atoms with Crippen LogP contribution in [0, 0.1) is 11.3 Å². The van der Waals surface area contributed by atoms with E-state index in [0.717, 1.165) is 16.9 Å². The van der Waals surface area contributed by atoms with Crippen molar-refractivity contribution in [3.05, 3.63) is 83.2 Å². The molecule has 0 radical (unpaired) electrons. The van der Waals surface area contributed by atoms with Crippen molar-refractivity contribution in [2.45, 2.75) is 19.9 Å². The minimum atomic E-state index is -0.0617. The molecule has 0 bridgehead atoms. The van der Waals surface area contributed by atoms with Crippen molar-refractivity contribution in [3.8, 4) is 11.8 Å². The third-order valence-corrected chi connectivity index (χ3v) is 4.28. The molecule has 1 aromatic heterocycles. The first-order chi connectivity index (χ1) is 12.6. The van der Waals surface area contributed by atoms with Gasteiger partial charge >= 0.3 is 0 Å². The maximum atomic E-state index is 12.9. The Morgan fingerprint density at radius 3 is 2.46 bits per heavy atom. The zero-order valence-corrected chi connectivity index (χ0v) is 14.9. The molecule has 0 fully saturated rings. The number of benzene rings is 2. The van der Waals surface area contributed by atoms with Crippen LogP contribution in [0.3, 0.4) is 0 Å². The summed E-state index contributed by atoms with van der Waals surface area (Å²) < 4.78 is 1.82. The fraction of sp³-hybridized carbons (Fsp3) is 0.190. The number of carbonyl (C=O) groups is 1. The van der Waals surface area contributed by atoms with Crippen molar-refractivity contribution >= 4 is 5.91 Å². The Kier molecular flexibility index (Phi) is 5.14. The second kappa shape index (κ2) is 7.66. The molecule has 0 N–H and O–H groups in total. The highest BCUT2D eigenvalue weighted by Gasteiger charge is 2.20. The predicted octanol–water partition coefficient (Wildman–Crippen LogP) is 3.58. The number of aromatic nitrogens is 2. The van der Waals surface area contributed by atoms with Gasteiger partial charge in [-0.2, -0.15) is 10.4 Å². The number of nitrogens with zero attached hydrogens (tertiary/aromatic N) is 4. The number of hydrogen-bond acceptors (Lipinski definition) is 3. The fourth-order valence-corrected chi connectivity index (χ4v) is 2.92. The van der Waals surface area contributed by atoms with Crippen molar-refractivity contribution in [1.29, 1.82) is 5.26 Å². The smallest absolute Gasteiger partial charge is 0.257 e. The first kappa shape index (κ1) is 17.4. The molecule has 5 nitrogen and oxygen atoms in total. The highest BCUT2D eigenvalue weighted by atomic mass is 16.2. The van der Waals surface area contributed by atoms with Crippen molar-refractivity contribution in [2.75, 3.05) is 7.05 Å². The largest absolute Gasteiger partial charge is 0.337 e. The number of hydrogen-bond donors (Lipinski definition) is 0. The average molecular weight is 344 g/mol. The summed E-state index contributed by atoms with van der Waals surface area (Å²) in [6, 6.07) is 19.2. The van der Waals surface area contributed by atoms with Crippen LogP contribution in [0.15, 0.2) is 60.8 Å². The van der Waals surface area contributed by atoms with E-state index in [1.165, 1.54) is 0 Å². The number of nitriles is 1. The van der Waals surface area contributed by atoms with Crippen LogP contribution in [0.4, 0.5) is 0 Å². The summed E-state index contributed by atoms with van der Waals surface area (Å²) in [6.07, 6.45) is 2.35. The van der Waals surface area contributed by atoms with Crippen molar-refractivity contribution in [3.63, 3.8) is 0 Å². The minimum Gasteiger partial charge on any atom is -0.337 e. The van der Waals surface area contributed by atoms with Gasteiger partial charge in [0.05, 0.1) is 34.8 Å². The van der Waals surface area contributed by atoms with E-state index in [-0.39, 0.29) is 5.91 Å². The maximum Gasteiger partial charge on any atom is 0.257 e. The monoisotopic (exact) mass is 344 g/mol. The lowest BCUT2D eigenvalue weighted by atomic mass is 10.1. The molecule has 0 atom stereocenters. The van der Waals surface area contributed by atoms with E-state index >= 15 is 0 Å². The molecule has 0 spiro atoms. The summed E-state index contributed by atoms with van der Waals surface area (Å²) in [6.45, 7) is 2.50. The van der Waals surface area contributed by atoms with E-state index in [2.05, 4.69) is 11.2 Å². The summed E-state index contributed by atoms with van der Waals surface area (Å²) in [5.74, 6) is -0.0617. The molecule has 0 saturated carbocycles. The molecule has 0 unspecified atom stereocenters. The molecule has 3 aromatic rings. The maximum absolute atomic E-state index is 12.9. The molecule has 0 aliphatic rings. The summed E-state index contributed by atoms with van der Waals surface area (Å²) in [7, 11) is 1.78. The highest BCUT2D eigenvalue weighted by Crippen LogP contribution is 2.18. The summed E-state index contributed by atoms with van der Waals surface area (Å²) in [5.41, 5.74) is 4.05. The molecular weight excluding hydrogens is 324 g/mol. The Balaban J connectivity index is 1.83. The van der Waals surface area contributed by atoms with Gasteiger partial charge in [-0.3, -0.25) is 4.79 Å². The SMILES string of the molecule is CCc1c(C(=O)N(C)Cc2ccc(C#N)cc2)cnn1-c1ccccc1. The zero-order valence-electron chi connectivity index (χ0n) is 14.9. The molecule has 0 saturated heterocycles. The fourth-order valence-electron chi connectivity index (χ4n) is 2.92. The van der Waals surface area contributed by atoms with Gasteiger partial charge in [0.2, 0.25) is 0 Å². The molecule has 0 aliphatic heterocycles. The van der Waals surface area contributed by atoms with Crippen molar-refractivity contribution in [1.82, 2.24) is 14.7 Å². The number of para-hydroxylation sites is 1. The molecule has 2 aromatic carbocycles. The first-order valence-electron chi connectivity index (χ1n) is 8.51. The lowest BCUT2D eigenvalue weighted by Crippen LogP contribution is -2.27. The number of rotatable bonds is 5. The Bertz CT molecular complexity index is 936. The standard InChI is InChI=1S/C21H20N4O/c1-3-20-19(14-23-25(20)18-7-5-4-6-8-18)21(26)24(2)15-17-11-9-16(13-22)10-12-17/h4-12,14H,3,15H2,1-2H3. The van der Waals surface area contributed by atoms with Gasteiger partial charge < -0.3 is 4.90 Å². The van der Waals surface area contributed by atoms with Crippen LogP contribution in [0.1, 0.15) is 34.1 Å². The van der Waals surface area contributed by atoms with Gasteiger partial charge in [0.25, 0.3) is 5.91 Å².